The summed E-state index contributed by atoms with van der Waals surface area (Å²) in [7, 11) is 1.98. The molecule has 0 amide bonds. The zero-order valence-corrected chi connectivity index (χ0v) is 12.4. The second kappa shape index (κ2) is 4.35. The zero-order valence-electron chi connectivity index (χ0n) is 12.4. The van der Waals surface area contributed by atoms with Crippen LogP contribution in [0.25, 0.3) is 0 Å². The van der Waals surface area contributed by atoms with Crippen molar-refractivity contribution in [2.45, 2.75) is 64.8 Å². The fourth-order valence-corrected chi connectivity index (χ4v) is 2.83. The molecule has 1 aromatic heterocycles. The molecule has 0 bridgehead atoms. The van der Waals surface area contributed by atoms with Crippen molar-refractivity contribution in [3.05, 3.63) is 17.5 Å². The van der Waals surface area contributed by atoms with Crippen LogP contribution in [0.2, 0.25) is 0 Å². The molecule has 1 fully saturated rings. The summed E-state index contributed by atoms with van der Waals surface area (Å²) in [5.41, 5.74) is 2.33. The van der Waals surface area contributed by atoms with Crippen molar-refractivity contribution < 1.29 is 4.74 Å². The van der Waals surface area contributed by atoms with Crippen molar-refractivity contribution in [1.29, 1.82) is 0 Å². The lowest BCUT2D eigenvalue weighted by Crippen LogP contribution is -2.43. The maximum atomic E-state index is 6.09. The van der Waals surface area contributed by atoms with E-state index in [1.54, 1.807) is 0 Å². The van der Waals surface area contributed by atoms with E-state index in [9.17, 15) is 0 Å². The average Bonchev–Trinajstić information content (AvgIpc) is 2.63. The number of aromatic nitrogens is 2. The summed E-state index contributed by atoms with van der Waals surface area (Å²) in [6.07, 6.45) is 2.98. The first-order chi connectivity index (χ1) is 8.21. The molecule has 1 N–H and O–H groups in total. The Balaban J connectivity index is 2.01. The van der Waals surface area contributed by atoms with E-state index in [1.165, 1.54) is 11.3 Å². The van der Waals surface area contributed by atoms with Crippen LogP contribution in [0.15, 0.2) is 6.20 Å². The van der Waals surface area contributed by atoms with Crippen molar-refractivity contribution in [2.24, 2.45) is 7.05 Å². The molecule has 0 unspecified atom stereocenters. The van der Waals surface area contributed by atoms with Crippen LogP contribution >= 0.6 is 0 Å². The van der Waals surface area contributed by atoms with E-state index in [0.29, 0.717) is 6.04 Å². The van der Waals surface area contributed by atoms with Gasteiger partial charge in [0, 0.05) is 30.9 Å². The van der Waals surface area contributed by atoms with Crippen molar-refractivity contribution in [3.8, 4) is 0 Å². The molecule has 102 valence electrons. The third-order valence-corrected chi connectivity index (χ3v) is 3.95. The summed E-state index contributed by atoms with van der Waals surface area (Å²) < 4.78 is 8.00. The third-order valence-electron chi connectivity index (χ3n) is 3.95. The second-order valence-corrected chi connectivity index (χ2v) is 6.48. The predicted octanol–water partition coefficient (Wildman–Crippen LogP) is 2.16. The third kappa shape index (κ3) is 2.59. The number of hydrogen-bond donors (Lipinski definition) is 1. The molecule has 0 aromatic carbocycles. The van der Waals surface area contributed by atoms with Gasteiger partial charge in [-0.1, -0.05) is 0 Å². The lowest BCUT2D eigenvalue weighted by molar-refractivity contribution is -0.0699. The van der Waals surface area contributed by atoms with Crippen LogP contribution in [0.3, 0.4) is 0 Å². The van der Waals surface area contributed by atoms with E-state index >= 15 is 0 Å². The van der Waals surface area contributed by atoms with E-state index < -0.39 is 0 Å². The molecule has 0 radical (unpaired) electrons. The average molecular weight is 251 g/mol. The lowest BCUT2D eigenvalue weighted by atomic mass is 9.94. The molecule has 0 spiro atoms. The minimum Gasteiger partial charge on any atom is -0.368 e. The highest BCUT2D eigenvalue weighted by atomic mass is 16.5. The van der Waals surface area contributed by atoms with Gasteiger partial charge in [-0.15, -0.1) is 0 Å². The van der Waals surface area contributed by atoms with Crippen LogP contribution in [-0.4, -0.2) is 27.0 Å². The van der Waals surface area contributed by atoms with Crippen LogP contribution in [0, 0.1) is 6.92 Å². The monoisotopic (exact) mass is 251 g/mol. The number of aryl methyl sites for hydroxylation is 1. The molecule has 18 heavy (non-hydrogen) atoms. The van der Waals surface area contributed by atoms with Crippen LogP contribution in [0.4, 0.5) is 0 Å². The van der Waals surface area contributed by atoms with Crippen molar-refractivity contribution in [2.75, 3.05) is 0 Å². The second-order valence-electron chi connectivity index (χ2n) is 6.48. The molecule has 2 rings (SSSR count). The maximum Gasteiger partial charge on any atom is 0.0787 e. The van der Waals surface area contributed by atoms with Gasteiger partial charge in [0.2, 0.25) is 0 Å². The van der Waals surface area contributed by atoms with E-state index in [0.717, 1.165) is 13.0 Å². The van der Waals surface area contributed by atoms with E-state index in [1.807, 2.05) is 17.9 Å². The van der Waals surface area contributed by atoms with Gasteiger partial charge >= 0.3 is 0 Å². The Labute approximate surface area is 110 Å². The van der Waals surface area contributed by atoms with Crippen molar-refractivity contribution in [3.63, 3.8) is 0 Å². The Bertz CT molecular complexity index is 434. The maximum absolute atomic E-state index is 6.09. The highest BCUT2D eigenvalue weighted by Gasteiger charge is 2.45. The van der Waals surface area contributed by atoms with E-state index in [2.05, 4.69) is 45.0 Å². The van der Waals surface area contributed by atoms with Gasteiger partial charge in [0.05, 0.1) is 17.4 Å². The summed E-state index contributed by atoms with van der Waals surface area (Å²) in [6, 6.07) is 0.382. The molecule has 1 atom stereocenters. The Morgan fingerprint density at radius 2 is 2.11 bits per heavy atom. The number of rotatable bonds is 3. The van der Waals surface area contributed by atoms with Gasteiger partial charge < -0.3 is 10.1 Å². The lowest BCUT2D eigenvalue weighted by Gasteiger charge is -2.27. The van der Waals surface area contributed by atoms with E-state index in [-0.39, 0.29) is 11.2 Å². The molecule has 1 aliphatic heterocycles. The number of nitrogens with zero attached hydrogens (tertiary/aromatic N) is 2. The first-order valence-electron chi connectivity index (χ1n) is 6.62. The molecule has 0 aliphatic carbocycles. The SMILES string of the molecule is Cc1c(CN[C@H]2CC(C)(C)OC2(C)C)cnn1C. The van der Waals surface area contributed by atoms with Gasteiger partial charge in [0.1, 0.15) is 0 Å². The predicted molar refractivity (Wildman–Crippen MR) is 72.4 cm³/mol. The highest BCUT2D eigenvalue weighted by molar-refractivity contribution is 5.16. The highest BCUT2D eigenvalue weighted by Crippen LogP contribution is 2.37. The van der Waals surface area contributed by atoms with Crippen LogP contribution in [-0.2, 0) is 18.3 Å². The van der Waals surface area contributed by atoms with Gasteiger partial charge in [0.25, 0.3) is 0 Å². The number of hydrogen-bond acceptors (Lipinski definition) is 3. The molecule has 1 aliphatic rings. The Kier molecular flexibility index (Phi) is 3.28. The van der Waals surface area contributed by atoms with Crippen LogP contribution in [0.1, 0.15) is 45.4 Å². The first kappa shape index (κ1) is 13.6. The fraction of sp³-hybridized carbons (Fsp3) is 0.786. The van der Waals surface area contributed by atoms with Crippen LogP contribution < -0.4 is 5.32 Å². The largest absolute Gasteiger partial charge is 0.368 e. The summed E-state index contributed by atoms with van der Waals surface area (Å²) in [6.45, 7) is 11.6. The Hall–Kier alpha value is -0.870. The Morgan fingerprint density at radius 1 is 1.44 bits per heavy atom. The summed E-state index contributed by atoms with van der Waals surface area (Å²) in [5.74, 6) is 0. The quantitative estimate of drug-likeness (QED) is 0.895. The molecule has 1 saturated heterocycles. The molecular formula is C14H25N3O. The van der Waals surface area contributed by atoms with Gasteiger partial charge in [-0.05, 0) is 41.0 Å². The van der Waals surface area contributed by atoms with Gasteiger partial charge in [-0.3, -0.25) is 4.68 Å². The summed E-state index contributed by atoms with van der Waals surface area (Å²) >= 11 is 0. The molecule has 2 heterocycles. The normalized spacial score (nSPS) is 25.6. The molecule has 0 saturated carbocycles. The summed E-state index contributed by atoms with van der Waals surface area (Å²) in [5, 5.41) is 7.89. The standard InChI is InChI=1S/C14H25N3O/c1-10-11(9-16-17(10)6)8-15-12-7-13(2,3)18-14(12,4)5/h9,12,15H,7-8H2,1-6H3/t12-/m0/s1. The molecular weight excluding hydrogens is 226 g/mol. The summed E-state index contributed by atoms with van der Waals surface area (Å²) in [4.78, 5) is 0. The van der Waals surface area contributed by atoms with Gasteiger partial charge in [0.15, 0.2) is 0 Å². The topological polar surface area (TPSA) is 39.1 Å². The van der Waals surface area contributed by atoms with Crippen molar-refractivity contribution >= 4 is 0 Å². The minimum absolute atomic E-state index is 0.0366. The fourth-order valence-electron chi connectivity index (χ4n) is 2.83. The van der Waals surface area contributed by atoms with E-state index in [4.69, 9.17) is 4.74 Å². The van der Waals surface area contributed by atoms with Gasteiger partial charge in [-0.25, -0.2) is 0 Å². The molecule has 1 aromatic rings. The Morgan fingerprint density at radius 3 is 2.56 bits per heavy atom. The smallest absolute Gasteiger partial charge is 0.0787 e. The van der Waals surface area contributed by atoms with Gasteiger partial charge in [-0.2, -0.15) is 5.10 Å². The molecule has 4 heteroatoms. The first-order valence-corrected chi connectivity index (χ1v) is 6.62. The number of nitrogens with one attached hydrogen (secondary N) is 1. The minimum atomic E-state index is -0.111. The molecule has 4 nitrogen and oxygen atoms in total. The van der Waals surface area contributed by atoms with Crippen molar-refractivity contribution in [1.82, 2.24) is 15.1 Å². The number of ether oxygens (including phenoxy) is 1. The van der Waals surface area contributed by atoms with Crippen LogP contribution in [0.5, 0.6) is 0 Å². The zero-order chi connectivity index (χ0) is 13.6.